The molecule has 4 rings (SSSR count). The van der Waals surface area contributed by atoms with Gasteiger partial charge in [-0.25, -0.2) is 0 Å². The summed E-state index contributed by atoms with van der Waals surface area (Å²) in [5, 5.41) is 20.3. The molecule has 21 heavy (non-hydrogen) atoms. The molecule has 2 fully saturated rings. The zero-order valence-electron chi connectivity index (χ0n) is 12.5. The minimum atomic E-state index is -0.101. The monoisotopic (exact) mass is 350 g/mol. The molecule has 0 unspecified atom stereocenters. The predicted molar refractivity (Wildman–Crippen MR) is 86.4 cm³/mol. The molecule has 5 atom stereocenters. The number of aryl methyl sites for hydroxylation is 1. The number of aromatic hydroxyl groups is 1. The number of halogens is 1. The first-order valence-electron chi connectivity index (χ1n) is 8.20. The van der Waals surface area contributed by atoms with Crippen LogP contribution in [0.1, 0.15) is 56.1 Å². The van der Waals surface area contributed by atoms with Gasteiger partial charge in [-0.3, -0.25) is 0 Å². The fourth-order valence-corrected chi connectivity index (χ4v) is 5.91. The molecule has 2 nitrogen and oxygen atoms in total. The Morgan fingerprint density at radius 1 is 1.19 bits per heavy atom. The molecule has 1 aromatic rings. The van der Waals surface area contributed by atoms with E-state index in [0.717, 1.165) is 23.7 Å². The average Bonchev–Trinajstić information content (AvgIpc) is 2.76. The fourth-order valence-electron chi connectivity index (χ4n) is 5.55. The summed E-state index contributed by atoms with van der Waals surface area (Å²) in [4.78, 5) is 0. The van der Waals surface area contributed by atoms with Crippen LogP contribution in [0.3, 0.4) is 0 Å². The average molecular weight is 351 g/mol. The molecule has 0 saturated heterocycles. The quantitative estimate of drug-likeness (QED) is 0.729. The van der Waals surface area contributed by atoms with Crippen LogP contribution < -0.4 is 0 Å². The van der Waals surface area contributed by atoms with Crippen molar-refractivity contribution in [2.75, 3.05) is 0 Å². The van der Waals surface area contributed by atoms with Crippen molar-refractivity contribution in [2.45, 2.75) is 57.5 Å². The molecule has 114 valence electrons. The number of hydrogen-bond donors (Lipinski definition) is 2. The lowest BCUT2D eigenvalue weighted by Gasteiger charge is -2.50. The highest BCUT2D eigenvalue weighted by Crippen LogP contribution is 2.61. The second-order valence-corrected chi connectivity index (χ2v) is 8.41. The molecule has 0 amide bonds. The summed E-state index contributed by atoms with van der Waals surface area (Å²) in [6.45, 7) is 2.31. The van der Waals surface area contributed by atoms with Crippen molar-refractivity contribution in [3.05, 3.63) is 27.7 Å². The van der Waals surface area contributed by atoms with Crippen LogP contribution >= 0.6 is 15.9 Å². The van der Waals surface area contributed by atoms with Gasteiger partial charge in [0.1, 0.15) is 5.75 Å². The van der Waals surface area contributed by atoms with E-state index in [4.69, 9.17) is 0 Å². The Kier molecular flexibility index (Phi) is 3.17. The highest BCUT2D eigenvalue weighted by Gasteiger charge is 2.54. The van der Waals surface area contributed by atoms with Gasteiger partial charge in [0.2, 0.25) is 0 Å². The van der Waals surface area contributed by atoms with Crippen molar-refractivity contribution in [1.29, 1.82) is 0 Å². The Balaban J connectivity index is 1.73. The topological polar surface area (TPSA) is 40.5 Å². The summed E-state index contributed by atoms with van der Waals surface area (Å²) in [6, 6.07) is 4.10. The Hall–Kier alpha value is -0.540. The highest BCUT2D eigenvalue weighted by atomic mass is 79.9. The molecular weight excluding hydrogens is 328 g/mol. The molecular formula is C18H23BrO2. The van der Waals surface area contributed by atoms with Crippen LogP contribution in [0.5, 0.6) is 5.75 Å². The molecule has 1 aromatic carbocycles. The van der Waals surface area contributed by atoms with Crippen molar-refractivity contribution in [1.82, 2.24) is 0 Å². The van der Waals surface area contributed by atoms with E-state index in [-0.39, 0.29) is 11.5 Å². The van der Waals surface area contributed by atoms with Gasteiger partial charge in [-0.1, -0.05) is 6.92 Å². The van der Waals surface area contributed by atoms with Crippen molar-refractivity contribution in [3.8, 4) is 5.75 Å². The molecule has 0 aromatic heterocycles. The maximum absolute atomic E-state index is 10.4. The number of fused-ring (bicyclic) bond motifs is 5. The van der Waals surface area contributed by atoms with Crippen LogP contribution in [0, 0.1) is 17.3 Å². The molecule has 2 saturated carbocycles. The molecule has 3 aliphatic rings. The summed E-state index contributed by atoms with van der Waals surface area (Å²) in [6.07, 6.45) is 6.67. The number of phenolic OH excluding ortho intramolecular Hbond substituents is 1. The van der Waals surface area contributed by atoms with Crippen LogP contribution in [0.15, 0.2) is 16.6 Å². The van der Waals surface area contributed by atoms with Crippen LogP contribution in [0.25, 0.3) is 0 Å². The Morgan fingerprint density at radius 2 is 2.00 bits per heavy atom. The van der Waals surface area contributed by atoms with E-state index in [2.05, 4.69) is 28.9 Å². The van der Waals surface area contributed by atoms with Gasteiger partial charge in [0.05, 0.1) is 10.6 Å². The predicted octanol–water partition coefficient (Wildman–Crippen LogP) is 4.37. The van der Waals surface area contributed by atoms with E-state index >= 15 is 0 Å². The minimum absolute atomic E-state index is 0.101. The molecule has 0 spiro atoms. The fraction of sp³-hybridized carbons (Fsp3) is 0.667. The highest BCUT2D eigenvalue weighted by molar-refractivity contribution is 9.10. The maximum Gasteiger partial charge on any atom is 0.130 e. The third-order valence-corrected chi connectivity index (χ3v) is 7.38. The number of hydrogen-bond acceptors (Lipinski definition) is 2. The van der Waals surface area contributed by atoms with Gasteiger partial charge in [0.15, 0.2) is 0 Å². The van der Waals surface area contributed by atoms with Gasteiger partial charge in [-0.15, -0.1) is 0 Å². The smallest absolute Gasteiger partial charge is 0.130 e. The van der Waals surface area contributed by atoms with Gasteiger partial charge in [0, 0.05) is 0 Å². The minimum Gasteiger partial charge on any atom is -0.507 e. The number of aliphatic hydroxyl groups is 1. The first-order valence-corrected chi connectivity index (χ1v) is 8.99. The summed E-state index contributed by atoms with van der Waals surface area (Å²) in [5.74, 6) is 2.37. The van der Waals surface area contributed by atoms with Crippen LogP contribution in [0.2, 0.25) is 0 Å². The normalized spacial score (nSPS) is 41.3. The van der Waals surface area contributed by atoms with Gasteiger partial charge < -0.3 is 10.2 Å². The standard InChI is InChI=1S/C18H23BrO2/c1-18-7-6-11-12(14(18)4-5-17(18)21)3-2-10-8-16(20)15(19)9-13(10)11/h8-9,11-12,14,17,20-21H,2-7H2,1H3/t11-,12+,14+,17+,18-/m1/s1. The first kappa shape index (κ1) is 14.1. The SMILES string of the molecule is C[C@@]12CC[C@H]3c4cc(Br)c(O)cc4CC[C@@H]3[C@@H]1CC[C@@H]2O. The number of benzene rings is 1. The lowest BCUT2D eigenvalue weighted by atomic mass is 9.55. The van der Waals surface area contributed by atoms with E-state index in [0.29, 0.717) is 23.5 Å². The van der Waals surface area contributed by atoms with Gasteiger partial charge >= 0.3 is 0 Å². The second-order valence-electron chi connectivity index (χ2n) is 7.56. The van der Waals surface area contributed by atoms with Crippen molar-refractivity contribution >= 4 is 15.9 Å². The third kappa shape index (κ3) is 1.93. The Morgan fingerprint density at radius 3 is 2.81 bits per heavy atom. The van der Waals surface area contributed by atoms with E-state index in [1.54, 1.807) is 0 Å². The van der Waals surface area contributed by atoms with Gasteiger partial charge in [0.25, 0.3) is 0 Å². The summed E-state index contributed by atoms with van der Waals surface area (Å²) < 4.78 is 0.821. The van der Waals surface area contributed by atoms with Crippen molar-refractivity contribution in [3.63, 3.8) is 0 Å². The Labute approximate surface area is 134 Å². The van der Waals surface area contributed by atoms with Crippen LogP contribution in [-0.2, 0) is 6.42 Å². The largest absolute Gasteiger partial charge is 0.507 e. The number of rotatable bonds is 0. The molecule has 0 bridgehead atoms. The second kappa shape index (κ2) is 4.73. The lowest BCUT2D eigenvalue weighted by Crippen LogP contribution is -2.43. The zero-order chi connectivity index (χ0) is 14.8. The van der Waals surface area contributed by atoms with Gasteiger partial charge in [-0.2, -0.15) is 0 Å². The van der Waals surface area contributed by atoms with Crippen molar-refractivity contribution in [2.24, 2.45) is 17.3 Å². The van der Waals surface area contributed by atoms with Crippen LogP contribution in [0.4, 0.5) is 0 Å². The maximum atomic E-state index is 10.4. The first-order chi connectivity index (χ1) is 10.0. The number of phenols is 1. The molecule has 3 aliphatic carbocycles. The van der Waals surface area contributed by atoms with Crippen LogP contribution in [-0.4, -0.2) is 16.3 Å². The van der Waals surface area contributed by atoms with E-state index in [1.165, 1.54) is 30.4 Å². The zero-order valence-corrected chi connectivity index (χ0v) is 14.1. The van der Waals surface area contributed by atoms with E-state index < -0.39 is 0 Å². The van der Waals surface area contributed by atoms with Crippen molar-refractivity contribution < 1.29 is 10.2 Å². The molecule has 0 aliphatic heterocycles. The number of aliphatic hydroxyl groups excluding tert-OH is 1. The third-order valence-electron chi connectivity index (χ3n) is 6.74. The Bertz CT molecular complexity index is 585. The van der Waals surface area contributed by atoms with Gasteiger partial charge in [-0.05, 0) is 101 Å². The summed E-state index contributed by atoms with van der Waals surface area (Å²) >= 11 is 3.48. The summed E-state index contributed by atoms with van der Waals surface area (Å²) in [7, 11) is 0. The molecule has 3 heteroatoms. The summed E-state index contributed by atoms with van der Waals surface area (Å²) in [5.41, 5.74) is 2.92. The molecule has 0 heterocycles. The molecule has 0 radical (unpaired) electrons. The van der Waals surface area contributed by atoms with E-state index in [1.807, 2.05) is 6.07 Å². The molecule has 2 N–H and O–H groups in total. The van der Waals surface area contributed by atoms with E-state index in [9.17, 15) is 10.2 Å². The lowest BCUT2D eigenvalue weighted by molar-refractivity contribution is -0.0226.